The summed E-state index contributed by atoms with van der Waals surface area (Å²) >= 11 is 0. The summed E-state index contributed by atoms with van der Waals surface area (Å²) in [6, 6.07) is 7.80. The molecule has 0 unspecified atom stereocenters. The second-order valence-electron chi connectivity index (χ2n) is 6.25. The second kappa shape index (κ2) is 9.61. The number of aromatic nitrogens is 2. The number of benzene rings is 1. The number of nitrogens with zero attached hydrogens (tertiary/aromatic N) is 2. The highest BCUT2D eigenvalue weighted by molar-refractivity contribution is 5.91. The van der Waals surface area contributed by atoms with Gasteiger partial charge in [0.25, 0.3) is 5.91 Å². The van der Waals surface area contributed by atoms with E-state index in [0.717, 1.165) is 30.7 Å². The first-order valence-corrected chi connectivity index (χ1v) is 8.55. The third-order valence-corrected chi connectivity index (χ3v) is 3.75. The maximum absolute atomic E-state index is 12.1. The van der Waals surface area contributed by atoms with E-state index >= 15 is 0 Å². The first kappa shape index (κ1) is 18.7. The van der Waals surface area contributed by atoms with Crippen LogP contribution in [0.2, 0.25) is 0 Å². The van der Waals surface area contributed by atoms with Gasteiger partial charge in [-0.25, -0.2) is 9.97 Å². The predicted octanol–water partition coefficient (Wildman–Crippen LogP) is 2.92. The van der Waals surface area contributed by atoms with Crippen molar-refractivity contribution in [2.75, 3.05) is 25.5 Å². The van der Waals surface area contributed by atoms with Crippen LogP contribution in [-0.2, 0) is 6.42 Å². The van der Waals surface area contributed by atoms with E-state index in [1.807, 2.05) is 24.3 Å². The molecule has 1 aromatic carbocycles. The zero-order chi connectivity index (χ0) is 18.1. The molecule has 6 heteroatoms. The van der Waals surface area contributed by atoms with E-state index in [2.05, 4.69) is 34.4 Å². The lowest BCUT2D eigenvalue weighted by molar-refractivity contribution is 0.0949. The van der Waals surface area contributed by atoms with Gasteiger partial charge in [-0.05, 0) is 36.5 Å². The van der Waals surface area contributed by atoms with Crippen molar-refractivity contribution in [3.63, 3.8) is 0 Å². The van der Waals surface area contributed by atoms with Crippen LogP contribution in [0.1, 0.15) is 36.3 Å². The molecule has 0 fully saturated rings. The zero-order valence-corrected chi connectivity index (χ0v) is 15.1. The molecule has 0 spiro atoms. The third-order valence-electron chi connectivity index (χ3n) is 3.75. The largest absolute Gasteiger partial charge is 0.497 e. The summed E-state index contributed by atoms with van der Waals surface area (Å²) in [5.74, 6) is 1.92. The number of carbonyl (C=O) groups is 1. The van der Waals surface area contributed by atoms with Crippen LogP contribution in [-0.4, -0.2) is 36.1 Å². The third kappa shape index (κ3) is 6.41. The molecular weight excluding hydrogens is 316 g/mol. The summed E-state index contributed by atoms with van der Waals surface area (Å²) in [5.41, 5.74) is 1.43. The molecule has 1 aromatic heterocycles. The number of anilines is 1. The number of methoxy groups -OCH3 is 1. The minimum Gasteiger partial charge on any atom is -0.497 e. The van der Waals surface area contributed by atoms with Crippen LogP contribution in [0.25, 0.3) is 0 Å². The van der Waals surface area contributed by atoms with E-state index < -0.39 is 0 Å². The Morgan fingerprint density at radius 2 is 2.04 bits per heavy atom. The average molecular weight is 342 g/mol. The highest BCUT2D eigenvalue weighted by atomic mass is 16.5. The van der Waals surface area contributed by atoms with Crippen molar-refractivity contribution in [1.29, 1.82) is 0 Å². The summed E-state index contributed by atoms with van der Waals surface area (Å²) < 4.78 is 5.19. The summed E-state index contributed by atoms with van der Waals surface area (Å²) in [7, 11) is 1.64. The van der Waals surface area contributed by atoms with Crippen LogP contribution in [0.15, 0.2) is 36.7 Å². The molecule has 0 atom stereocenters. The standard InChI is InChI=1S/C19H26N4O2/c1-14(2)7-9-20-18-13-22-17(12-23-18)19(24)21-10-8-15-5-4-6-16(11-15)25-3/h4-6,11-14H,7-10H2,1-3H3,(H,20,23)(H,21,24). The van der Waals surface area contributed by atoms with Crippen LogP contribution >= 0.6 is 0 Å². The fourth-order valence-corrected chi connectivity index (χ4v) is 2.26. The van der Waals surface area contributed by atoms with Crippen molar-refractivity contribution in [3.8, 4) is 5.75 Å². The molecule has 25 heavy (non-hydrogen) atoms. The lowest BCUT2D eigenvalue weighted by Gasteiger charge is -2.08. The molecule has 2 aromatic rings. The molecule has 2 N–H and O–H groups in total. The summed E-state index contributed by atoms with van der Waals surface area (Å²) in [6.07, 6.45) is 4.88. The average Bonchev–Trinajstić information content (AvgIpc) is 2.62. The molecule has 0 aliphatic heterocycles. The Morgan fingerprint density at radius 1 is 1.20 bits per heavy atom. The van der Waals surface area contributed by atoms with Crippen LogP contribution in [0, 0.1) is 5.92 Å². The van der Waals surface area contributed by atoms with E-state index in [1.165, 1.54) is 6.20 Å². The number of rotatable bonds is 9. The van der Waals surface area contributed by atoms with E-state index in [-0.39, 0.29) is 5.91 Å². The molecule has 0 aliphatic rings. The van der Waals surface area contributed by atoms with Gasteiger partial charge >= 0.3 is 0 Å². The lowest BCUT2D eigenvalue weighted by atomic mass is 10.1. The van der Waals surface area contributed by atoms with Gasteiger partial charge in [0.1, 0.15) is 17.3 Å². The molecule has 0 saturated heterocycles. The molecule has 1 amide bonds. The SMILES string of the molecule is COc1cccc(CCNC(=O)c2cnc(NCCC(C)C)cn2)c1. The van der Waals surface area contributed by atoms with Crippen molar-refractivity contribution in [3.05, 3.63) is 47.9 Å². The van der Waals surface area contributed by atoms with Gasteiger partial charge in [0.15, 0.2) is 0 Å². The number of amides is 1. The molecule has 0 radical (unpaired) electrons. The molecule has 0 aliphatic carbocycles. The van der Waals surface area contributed by atoms with E-state index in [9.17, 15) is 4.79 Å². The number of carbonyl (C=O) groups excluding carboxylic acids is 1. The maximum Gasteiger partial charge on any atom is 0.271 e. The highest BCUT2D eigenvalue weighted by Gasteiger charge is 2.07. The maximum atomic E-state index is 12.1. The summed E-state index contributed by atoms with van der Waals surface area (Å²) in [4.78, 5) is 20.5. The van der Waals surface area contributed by atoms with E-state index in [0.29, 0.717) is 24.0 Å². The number of ether oxygens (including phenoxy) is 1. The molecule has 0 bridgehead atoms. The zero-order valence-electron chi connectivity index (χ0n) is 15.1. The normalized spacial score (nSPS) is 10.6. The highest BCUT2D eigenvalue weighted by Crippen LogP contribution is 2.12. The van der Waals surface area contributed by atoms with Crippen molar-refractivity contribution < 1.29 is 9.53 Å². The van der Waals surface area contributed by atoms with Crippen molar-refractivity contribution in [1.82, 2.24) is 15.3 Å². The lowest BCUT2D eigenvalue weighted by Crippen LogP contribution is -2.26. The Hall–Kier alpha value is -2.63. The Balaban J connectivity index is 1.78. The minimum atomic E-state index is -0.218. The fourth-order valence-electron chi connectivity index (χ4n) is 2.26. The van der Waals surface area contributed by atoms with Gasteiger partial charge in [-0.15, -0.1) is 0 Å². The molecule has 134 valence electrons. The monoisotopic (exact) mass is 342 g/mol. The number of nitrogens with one attached hydrogen (secondary N) is 2. The van der Waals surface area contributed by atoms with Gasteiger partial charge in [0.2, 0.25) is 0 Å². The van der Waals surface area contributed by atoms with Crippen molar-refractivity contribution in [2.24, 2.45) is 5.92 Å². The summed E-state index contributed by atoms with van der Waals surface area (Å²) in [6.45, 7) is 5.72. The summed E-state index contributed by atoms with van der Waals surface area (Å²) in [5, 5.41) is 6.06. The molecule has 6 nitrogen and oxygen atoms in total. The first-order chi connectivity index (χ1) is 12.1. The van der Waals surface area contributed by atoms with Gasteiger partial charge < -0.3 is 15.4 Å². The Labute approximate surface area is 149 Å². The first-order valence-electron chi connectivity index (χ1n) is 8.55. The van der Waals surface area contributed by atoms with Crippen LogP contribution in [0.4, 0.5) is 5.82 Å². The minimum absolute atomic E-state index is 0.218. The van der Waals surface area contributed by atoms with Crippen LogP contribution < -0.4 is 15.4 Å². The van der Waals surface area contributed by atoms with Gasteiger partial charge in [0, 0.05) is 13.1 Å². The quantitative estimate of drug-likeness (QED) is 0.733. The Kier molecular flexibility index (Phi) is 7.19. The van der Waals surface area contributed by atoms with Crippen molar-refractivity contribution >= 4 is 11.7 Å². The molecule has 2 rings (SSSR count). The molecule has 0 saturated carbocycles. The smallest absolute Gasteiger partial charge is 0.271 e. The number of hydrogen-bond donors (Lipinski definition) is 2. The van der Waals surface area contributed by atoms with E-state index in [4.69, 9.17) is 4.74 Å². The predicted molar refractivity (Wildman–Crippen MR) is 99.0 cm³/mol. The molecule has 1 heterocycles. The number of hydrogen-bond acceptors (Lipinski definition) is 5. The molecular formula is C19H26N4O2. The van der Waals surface area contributed by atoms with Gasteiger partial charge in [0.05, 0.1) is 19.5 Å². The topological polar surface area (TPSA) is 76.1 Å². The van der Waals surface area contributed by atoms with Crippen LogP contribution in [0.5, 0.6) is 5.75 Å². The second-order valence-corrected chi connectivity index (χ2v) is 6.25. The Morgan fingerprint density at radius 3 is 2.72 bits per heavy atom. The Bertz CT molecular complexity index is 671. The fraction of sp³-hybridized carbons (Fsp3) is 0.421. The van der Waals surface area contributed by atoms with Crippen molar-refractivity contribution in [2.45, 2.75) is 26.7 Å². The van der Waals surface area contributed by atoms with Crippen LogP contribution in [0.3, 0.4) is 0 Å². The van der Waals surface area contributed by atoms with Gasteiger partial charge in [-0.2, -0.15) is 0 Å². The van der Waals surface area contributed by atoms with Gasteiger partial charge in [-0.3, -0.25) is 4.79 Å². The van der Waals surface area contributed by atoms with Gasteiger partial charge in [-0.1, -0.05) is 26.0 Å². The van der Waals surface area contributed by atoms with E-state index in [1.54, 1.807) is 13.3 Å².